The van der Waals surface area contributed by atoms with E-state index < -0.39 is 34.4 Å². The summed E-state index contributed by atoms with van der Waals surface area (Å²) in [5.74, 6) is -2.60. The van der Waals surface area contributed by atoms with Crippen LogP contribution in [0.25, 0.3) is 0 Å². The molecule has 0 aromatic heterocycles. The van der Waals surface area contributed by atoms with Gasteiger partial charge >= 0.3 is 11.9 Å². The van der Waals surface area contributed by atoms with Crippen molar-refractivity contribution in [3.8, 4) is 0 Å². The minimum absolute atomic E-state index is 0.0101. The van der Waals surface area contributed by atoms with Crippen LogP contribution in [0.15, 0.2) is 23.1 Å². The zero-order valence-corrected chi connectivity index (χ0v) is 12.5. The molecule has 0 saturated heterocycles. The highest BCUT2D eigenvalue weighted by atomic mass is 32.2. The number of benzene rings is 1. The highest BCUT2D eigenvalue weighted by Gasteiger charge is 2.26. The van der Waals surface area contributed by atoms with Gasteiger partial charge in [0.25, 0.3) is 0 Å². The third-order valence-electron chi connectivity index (χ3n) is 2.88. The molecule has 0 radical (unpaired) electrons. The summed E-state index contributed by atoms with van der Waals surface area (Å²) >= 11 is 0. The molecule has 0 aliphatic heterocycles. The normalized spacial score (nSPS) is 12.9. The highest BCUT2D eigenvalue weighted by molar-refractivity contribution is 7.89. The van der Waals surface area contributed by atoms with Crippen molar-refractivity contribution in [1.29, 1.82) is 0 Å². The van der Waals surface area contributed by atoms with Crippen LogP contribution in [0.1, 0.15) is 24.0 Å². The van der Waals surface area contributed by atoms with E-state index in [2.05, 4.69) is 0 Å². The predicted molar refractivity (Wildman–Crippen MR) is 74.5 cm³/mol. The lowest BCUT2D eigenvalue weighted by Crippen LogP contribution is -2.41. The maximum Gasteiger partial charge on any atom is 0.321 e. The number of carbonyl (C=O) groups is 2. The molecule has 3 N–H and O–H groups in total. The zero-order chi connectivity index (χ0) is 16.2. The smallest absolute Gasteiger partial charge is 0.321 e. The van der Waals surface area contributed by atoms with Crippen molar-refractivity contribution in [2.24, 2.45) is 0 Å². The minimum Gasteiger partial charge on any atom is -0.481 e. The largest absolute Gasteiger partial charge is 0.481 e. The van der Waals surface area contributed by atoms with Gasteiger partial charge in [0.2, 0.25) is 10.0 Å². The number of nitrogens with one attached hydrogen (secondary N) is 1. The molecule has 1 aromatic carbocycles. The monoisotopic (exact) mass is 315 g/mol. The number of carboxylic acid groups (broad SMARTS) is 2. The fraction of sp³-hybridized carbons (Fsp3) is 0.385. The molecule has 0 amide bonds. The number of sulfonamides is 1. The topological polar surface area (TPSA) is 121 Å². The average molecular weight is 315 g/mol. The Morgan fingerprint density at radius 3 is 2.38 bits per heavy atom. The van der Waals surface area contributed by atoms with Gasteiger partial charge in [-0.15, -0.1) is 0 Å². The Balaban J connectivity index is 3.03. The molecule has 0 fully saturated rings. The van der Waals surface area contributed by atoms with Gasteiger partial charge in [-0.25, -0.2) is 8.42 Å². The lowest BCUT2D eigenvalue weighted by Gasteiger charge is -2.15. The quantitative estimate of drug-likeness (QED) is 0.687. The molecule has 1 atom stereocenters. The van der Waals surface area contributed by atoms with Crippen molar-refractivity contribution < 1.29 is 28.2 Å². The Labute approximate surface area is 122 Å². The van der Waals surface area contributed by atoms with Gasteiger partial charge in [-0.3, -0.25) is 9.59 Å². The van der Waals surface area contributed by atoms with Gasteiger partial charge in [0.15, 0.2) is 0 Å². The van der Waals surface area contributed by atoms with E-state index in [0.717, 1.165) is 5.56 Å². The van der Waals surface area contributed by atoms with Crippen molar-refractivity contribution in [3.63, 3.8) is 0 Å². The molecule has 21 heavy (non-hydrogen) atoms. The Bertz CT molecular complexity index is 653. The van der Waals surface area contributed by atoms with Crippen LogP contribution in [0.3, 0.4) is 0 Å². The number of rotatable bonds is 7. The molecule has 0 heterocycles. The fourth-order valence-electron chi connectivity index (χ4n) is 1.75. The van der Waals surface area contributed by atoms with E-state index in [-0.39, 0.29) is 11.3 Å². The third-order valence-corrected chi connectivity index (χ3v) is 4.49. The Kier molecular flexibility index (Phi) is 5.45. The number of hydrogen-bond donors (Lipinski definition) is 3. The first-order valence-electron chi connectivity index (χ1n) is 6.17. The third kappa shape index (κ3) is 4.83. The lowest BCUT2D eigenvalue weighted by atomic mass is 10.2. The van der Waals surface area contributed by atoms with Gasteiger partial charge in [-0.2, -0.15) is 4.72 Å². The molecule has 8 heteroatoms. The summed E-state index contributed by atoms with van der Waals surface area (Å²) in [7, 11) is -4.03. The predicted octanol–water partition coefficient (Wildman–Crippen LogP) is 0.900. The summed E-state index contributed by atoms with van der Waals surface area (Å²) in [6.45, 7) is 3.32. The van der Waals surface area contributed by atoms with E-state index in [9.17, 15) is 18.0 Å². The van der Waals surface area contributed by atoms with E-state index in [1.807, 2.05) is 4.72 Å². The van der Waals surface area contributed by atoms with Gasteiger partial charge in [0.1, 0.15) is 6.04 Å². The van der Waals surface area contributed by atoms with Crippen LogP contribution in [-0.4, -0.2) is 36.6 Å². The first-order chi connectivity index (χ1) is 9.63. The maximum absolute atomic E-state index is 12.2. The molecule has 0 spiro atoms. The highest BCUT2D eigenvalue weighted by Crippen LogP contribution is 2.17. The van der Waals surface area contributed by atoms with Crippen LogP contribution in [0.4, 0.5) is 0 Å². The maximum atomic E-state index is 12.2. The standard InChI is InChI=1S/C13H17NO6S/c1-8-3-4-9(2)11(7-8)21(19,20)14-10(13(17)18)5-6-12(15)16/h3-4,7,10,14H,5-6H2,1-2H3,(H,15,16)(H,17,18)/t10-/m1/s1. The van der Waals surface area contributed by atoms with Crippen molar-refractivity contribution in [2.75, 3.05) is 0 Å². The lowest BCUT2D eigenvalue weighted by molar-refractivity contribution is -0.140. The molecule has 0 aliphatic carbocycles. The van der Waals surface area contributed by atoms with Gasteiger partial charge < -0.3 is 10.2 Å². The van der Waals surface area contributed by atoms with Gasteiger partial charge in [-0.1, -0.05) is 12.1 Å². The zero-order valence-electron chi connectivity index (χ0n) is 11.7. The molecule has 116 valence electrons. The molecule has 1 aromatic rings. The second-order valence-corrected chi connectivity index (χ2v) is 6.40. The number of carboxylic acids is 2. The molecule has 0 saturated carbocycles. The van der Waals surface area contributed by atoms with Crippen molar-refractivity contribution in [1.82, 2.24) is 4.72 Å². The summed E-state index contributed by atoms with van der Waals surface area (Å²) in [6.07, 6.45) is -0.763. The van der Waals surface area contributed by atoms with E-state index in [0.29, 0.717) is 5.56 Å². The van der Waals surface area contributed by atoms with Crippen molar-refractivity contribution >= 4 is 22.0 Å². The Morgan fingerprint density at radius 1 is 1.24 bits per heavy atom. The molecule has 7 nitrogen and oxygen atoms in total. The first kappa shape index (κ1) is 17.1. The average Bonchev–Trinajstić information content (AvgIpc) is 2.36. The van der Waals surface area contributed by atoms with Crippen molar-refractivity contribution in [3.05, 3.63) is 29.3 Å². The van der Waals surface area contributed by atoms with E-state index in [4.69, 9.17) is 10.2 Å². The Hall–Kier alpha value is -1.93. The first-order valence-corrected chi connectivity index (χ1v) is 7.66. The summed E-state index contributed by atoms with van der Waals surface area (Å²) in [4.78, 5) is 21.5. The van der Waals surface area contributed by atoms with Crippen LogP contribution < -0.4 is 4.72 Å². The summed E-state index contributed by atoms with van der Waals surface area (Å²) in [5, 5.41) is 17.6. The number of hydrogen-bond acceptors (Lipinski definition) is 4. The second-order valence-electron chi connectivity index (χ2n) is 4.71. The molecule has 0 aliphatic rings. The fourth-order valence-corrected chi connectivity index (χ4v) is 3.30. The van der Waals surface area contributed by atoms with E-state index in [1.54, 1.807) is 26.0 Å². The SMILES string of the molecule is Cc1ccc(C)c(S(=O)(=O)N[C@H](CCC(=O)O)C(=O)O)c1. The molecule has 0 unspecified atom stereocenters. The van der Waals surface area contributed by atoms with Gasteiger partial charge in [-0.05, 0) is 37.5 Å². The van der Waals surface area contributed by atoms with Crippen LogP contribution in [0.2, 0.25) is 0 Å². The molecular weight excluding hydrogens is 298 g/mol. The summed E-state index contributed by atoms with van der Waals surface area (Å²) in [6, 6.07) is 3.32. The number of aryl methyl sites for hydroxylation is 2. The number of aliphatic carboxylic acids is 2. The van der Waals surface area contributed by atoms with Gasteiger partial charge in [0.05, 0.1) is 4.90 Å². The van der Waals surface area contributed by atoms with Crippen LogP contribution >= 0.6 is 0 Å². The van der Waals surface area contributed by atoms with E-state index >= 15 is 0 Å². The summed E-state index contributed by atoms with van der Waals surface area (Å²) < 4.78 is 26.5. The second kappa shape index (κ2) is 6.68. The summed E-state index contributed by atoms with van der Waals surface area (Å²) in [5.41, 5.74) is 1.20. The van der Waals surface area contributed by atoms with Crippen LogP contribution in [0, 0.1) is 13.8 Å². The molecular formula is C13H17NO6S. The Morgan fingerprint density at radius 2 is 1.86 bits per heavy atom. The molecule has 0 bridgehead atoms. The van der Waals surface area contributed by atoms with E-state index in [1.165, 1.54) is 6.07 Å². The van der Waals surface area contributed by atoms with Crippen LogP contribution in [-0.2, 0) is 19.6 Å². The molecule has 1 rings (SSSR count). The van der Waals surface area contributed by atoms with Gasteiger partial charge in [0, 0.05) is 6.42 Å². The van der Waals surface area contributed by atoms with Crippen LogP contribution in [0.5, 0.6) is 0 Å². The minimum atomic E-state index is -4.03. The van der Waals surface area contributed by atoms with Crippen molar-refractivity contribution in [2.45, 2.75) is 37.6 Å².